The first-order valence-electron chi connectivity index (χ1n) is 6.48. The van der Waals surface area contributed by atoms with Crippen LogP contribution in [-0.2, 0) is 0 Å². The number of thiophene rings is 1. The molecule has 2 atom stereocenters. The minimum atomic E-state index is -1.15. The summed E-state index contributed by atoms with van der Waals surface area (Å²) in [6.45, 7) is 1.58. The van der Waals surface area contributed by atoms with Crippen LogP contribution in [0.5, 0.6) is 5.75 Å². The maximum Gasteiger partial charge on any atom is 0.261 e. The number of halogens is 2. The van der Waals surface area contributed by atoms with Crippen LogP contribution in [0.2, 0.25) is 0 Å². The molecular weight excluding hydrogens is 312 g/mol. The van der Waals surface area contributed by atoms with Gasteiger partial charge in [-0.25, -0.2) is 8.78 Å². The highest BCUT2D eigenvalue weighted by Gasteiger charge is 2.21. The number of amides is 1. The van der Waals surface area contributed by atoms with Gasteiger partial charge in [-0.15, -0.1) is 11.3 Å². The van der Waals surface area contributed by atoms with E-state index < -0.39 is 23.8 Å². The van der Waals surface area contributed by atoms with Crippen molar-refractivity contribution < 1.29 is 23.4 Å². The van der Waals surface area contributed by atoms with E-state index in [1.165, 1.54) is 24.5 Å². The molecule has 2 unspecified atom stereocenters. The molecule has 0 aliphatic rings. The normalized spacial score (nSPS) is 13.5. The summed E-state index contributed by atoms with van der Waals surface area (Å²) in [7, 11) is 1.50. The van der Waals surface area contributed by atoms with Crippen molar-refractivity contribution in [3.63, 3.8) is 0 Å². The zero-order valence-electron chi connectivity index (χ0n) is 12.0. The molecule has 0 aliphatic heterocycles. The molecule has 7 heteroatoms. The minimum Gasteiger partial charge on any atom is -0.496 e. The van der Waals surface area contributed by atoms with E-state index in [4.69, 9.17) is 4.74 Å². The zero-order valence-corrected chi connectivity index (χ0v) is 12.8. The molecule has 4 nitrogen and oxygen atoms in total. The highest BCUT2D eigenvalue weighted by Crippen LogP contribution is 2.23. The molecule has 1 amide bonds. The number of carbonyl (C=O) groups is 1. The molecule has 0 spiro atoms. The van der Waals surface area contributed by atoms with Crippen LogP contribution in [-0.4, -0.2) is 24.2 Å². The second-order valence-corrected chi connectivity index (χ2v) is 5.64. The molecular formula is C15H15F2NO3S. The third-order valence-corrected chi connectivity index (χ3v) is 4.06. The molecule has 1 aromatic heterocycles. The topological polar surface area (TPSA) is 58.6 Å². The first kappa shape index (κ1) is 16.4. The molecule has 0 bridgehead atoms. The lowest BCUT2D eigenvalue weighted by Crippen LogP contribution is -2.36. The third kappa shape index (κ3) is 3.61. The second-order valence-electron chi connectivity index (χ2n) is 4.73. The number of hydrogen-bond acceptors (Lipinski definition) is 4. The lowest BCUT2D eigenvalue weighted by Gasteiger charge is -2.20. The number of ether oxygens (including phenoxy) is 1. The summed E-state index contributed by atoms with van der Waals surface area (Å²) in [4.78, 5) is 12.5. The Balaban J connectivity index is 2.05. The third-order valence-electron chi connectivity index (χ3n) is 3.15. The fourth-order valence-corrected chi connectivity index (χ4v) is 2.64. The van der Waals surface area contributed by atoms with Gasteiger partial charge in [-0.05, 0) is 24.6 Å². The fraction of sp³-hybridized carbons (Fsp3) is 0.267. The molecule has 0 saturated carbocycles. The van der Waals surface area contributed by atoms with Gasteiger partial charge in [0.25, 0.3) is 5.91 Å². The number of rotatable bonds is 5. The smallest absolute Gasteiger partial charge is 0.261 e. The standard InChI is InChI=1S/C15H15F2NO3S/c1-8(14(19)9-3-4-11(16)12(17)5-9)18-15(20)13-6-10(21-2)7-22-13/h3-8,14,19H,1-2H3,(H,18,20). The van der Waals surface area contributed by atoms with Crippen molar-refractivity contribution in [3.05, 3.63) is 51.7 Å². The summed E-state index contributed by atoms with van der Waals surface area (Å²) < 4.78 is 31.1. The predicted octanol–water partition coefficient (Wildman–Crippen LogP) is 2.89. The Morgan fingerprint density at radius 2 is 2.05 bits per heavy atom. The van der Waals surface area contributed by atoms with Gasteiger partial charge in [0.15, 0.2) is 11.6 Å². The highest BCUT2D eigenvalue weighted by molar-refractivity contribution is 7.12. The van der Waals surface area contributed by atoms with Gasteiger partial charge in [0.1, 0.15) is 5.75 Å². The number of benzene rings is 1. The molecule has 0 saturated heterocycles. The Hall–Kier alpha value is -1.99. The average Bonchev–Trinajstić information content (AvgIpc) is 2.98. The number of hydrogen-bond donors (Lipinski definition) is 2. The number of aliphatic hydroxyl groups excluding tert-OH is 1. The summed E-state index contributed by atoms with van der Waals surface area (Å²) in [5.41, 5.74) is 0.190. The lowest BCUT2D eigenvalue weighted by atomic mass is 10.0. The van der Waals surface area contributed by atoms with Crippen LogP contribution in [0.4, 0.5) is 8.78 Å². The van der Waals surface area contributed by atoms with Gasteiger partial charge in [-0.3, -0.25) is 4.79 Å². The van der Waals surface area contributed by atoms with E-state index in [1.807, 2.05) is 0 Å². The summed E-state index contributed by atoms with van der Waals surface area (Å²) >= 11 is 1.21. The number of nitrogens with one attached hydrogen (secondary N) is 1. The zero-order chi connectivity index (χ0) is 16.3. The quantitative estimate of drug-likeness (QED) is 0.888. The Morgan fingerprint density at radius 1 is 1.32 bits per heavy atom. The van der Waals surface area contributed by atoms with Gasteiger partial charge in [-0.2, -0.15) is 0 Å². The Morgan fingerprint density at radius 3 is 2.64 bits per heavy atom. The van der Waals surface area contributed by atoms with Crippen molar-refractivity contribution in [1.82, 2.24) is 5.32 Å². The van der Waals surface area contributed by atoms with Crippen molar-refractivity contribution in [3.8, 4) is 5.75 Å². The highest BCUT2D eigenvalue weighted by atomic mass is 32.1. The van der Waals surface area contributed by atoms with Gasteiger partial charge < -0.3 is 15.2 Å². The predicted molar refractivity (Wildman–Crippen MR) is 79.1 cm³/mol. The van der Waals surface area contributed by atoms with Crippen LogP contribution >= 0.6 is 11.3 Å². The maximum absolute atomic E-state index is 13.2. The van der Waals surface area contributed by atoms with Crippen LogP contribution in [0.15, 0.2) is 29.6 Å². The van der Waals surface area contributed by atoms with Gasteiger partial charge in [0.2, 0.25) is 0 Å². The molecule has 2 N–H and O–H groups in total. The van der Waals surface area contributed by atoms with Crippen molar-refractivity contribution in [1.29, 1.82) is 0 Å². The van der Waals surface area contributed by atoms with Crippen LogP contribution in [0.25, 0.3) is 0 Å². The maximum atomic E-state index is 13.2. The van der Waals surface area contributed by atoms with Crippen LogP contribution in [0.1, 0.15) is 28.3 Å². The van der Waals surface area contributed by atoms with Crippen LogP contribution in [0.3, 0.4) is 0 Å². The lowest BCUT2D eigenvalue weighted by molar-refractivity contribution is 0.0855. The molecule has 0 aliphatic carbocycles. The molecule has 0 fully saturated rings. The summed E-state index contributed by atoms with van der Waals surface area (Å²) in [6, 6.07) is 4.03. The van der Waals surface area contributed by atoms with Crippen LogP contribution < -0.4 is 10.1 Å². The average molecular weight is 327 g/mol. The molecule has 118 valence electrons. The molecule has 1 aromatic carbocycles. The van der Waals surface area contributed by atoms with E-state index in [-0.39, 0.29) is 11.5 Å². The van der Waals surface area contributed by atoms with Crippen LogP contribution in [0, 0.1) is 11.6 Å². The first-order valence-corrected chi connectivity index (χ1v) is 7.36. The molecule has 0 radical (unpaired) electrons. The van der Waals surface area contributed by atoms with E-state index in [9.17, 15) is 18.7 Å². The van der Waals surface area contributed by atoms with Crippen molar-refractivity contribution in [2.24, 2.45) is 0 Å². The Labute approximate surface area is 130 Å². The van der Waals surface area contributed by atoms with E-state index in [0.717, 1.165) is 12.1 Å². The van der Waals surface area contributed by atoms with E-state index >= 15 is 0 Å². The molecule has 22 heavy (non-hydrogen) atoms. The van der Waals surface area contributed by atoms with Gasteiger partial charge in [0.05, 0.1) is 24.1 Å². The summed E-state index contributed by atoms with van der Waals surface area (Å²) in [5, 5.41) is 14.4. The summed E-state index contributed by atoms with van der Waals surface area (Å²) in [5.74, 6) is -1.83. The second kappa shape index (κ2) is 6.85. The fourth-order valence-electron chi connectivity index (χ4n) is 1.89. The Kier molecular flexibility index (Phi) is 5.10. The van der Waals surface area contributed by atoms with E-state index in [2.05, 4.69) is 5.32 Å². The SMILES string of the molecule is COc1csc(C(=O)NC(C)C(O)c2ccc(F)c(F)c2)c1. The van der Waals surface area contributed by atoms with Gasteiger partial charge >= 0.3 is 0 Å². The Bertz CT molecular complexity index is 675. The molecule has 2 aromatic rings. The van der Waals surface area contributed by atoms with E-state index in [0.29, 0.717) is 10.6 Å². The number of methoxy groups -OCH3 is 1. The molecule has 2 rings (SSSR count). The number of carbonyl (C=O) groups excluding carboxylic acids is 1. The first-order chi connectivity index (χ1) is 10.4. The minimum absolute atomic E-state index is 0.190. The van der Waals surface area contributed by atoms with Crippen molar-refractivity contribution in [2.75, 3.05) is 7.11 Å². The van der Waals surface area contributed by atoms with Crippen molar-refractivity contribution >= 4 is 17.2 Å². The van der Waals surface area contributed by atoms with Gasteiger partial charge in [0, 0.05) is 11.4 Å². The monoisotopic (exact) mass is 327 g/mol. The van der Waals surface area contributed by atoms with Crippen molar-refractivity contribution in [2.45, 2.75) is 19.1 Å². The van der Waals surface area contributed by atoms with E-state index in [1.54, 1.807) is 18.4 Å². The number of aliphatic hydroxyl groups is 1. The largest absolute Gasteiger partial charge is 0.496 e. The molecule has 1 heterocycles. The van der Waals surface area contributed by atoms with Gasteiger partial charge in [-0.1, -0.05) is 6.07 Å². The summed E-state index contributed by atoms with van der Waals surface area (Å²) in [6.07, 6.45) is -1.15.